The fourth-order valence-corrected chi connectivity index (χ4v) is 2.43. The lowest BCUT2D eigenvalue weighted by atomic mass is 9.77. The van der Waals surface area contributed by atoms with E-state index in [2.05, 4.69) is 0 Å². The molecule has 1 fully saturated rings. The zero-order valence-corrected chi connectivity index (χ0v) is 9.78. The minimum absolute atomic E-state index is 0.0392. The van der Waals surface area contributed by atoms with Crippen LogP contribution in [0.4, 0.5) is 0 Å². The van der Waals surface area contributed by atoms with E-state index in [0.29, 0.717) is 13.3 Å². The zero-order chi connectivity index (χ0) is 11.7. The van der Waals surface area contributed by atoms with Gasteiger partial charge >= 0.3 is 0 Å². The Morgan fingerprint density at radius 1 is 1.24 bits per heavy atom. The SMILES string of the molecule is NCCC1(Oc2ccc3c(c2)OCO3)CCC1. The van der Waals surface area contributed by atoms with Crippen molar-refractivity contribution in [1.29, 1.82) is 0 Å². The van der Waals surface area contributed by atoms with E-state index in [1.807, 2.05) is 18.2 Å². The predicted octanol–water partition coefficient (Wildman–Crippen LogP) is 2.07. The minimum atomic E-state index is -0.0392. The highest BCUT2D eigenvalue weighted by atomic mass is 16.7. The molecule has 0 unspecified atom stereocenters. The molecule has 2 aliphatic rings. The van der Waals surface area contributed by atoms with Gasteiger partial charge in [0.05, 0.1) is 0 Å². The van der Waals surface area contributed by atoms with Crippen LogP contribution < -0.4 is 19.9 Å². The third kappa shape index (κ3) is 1.93. The first-order valence-corrected chi connectivity index (χ1v) is 6.10. The Labute approximate surface area is 101 Å². The molecule has 1 saturated carbocycles. The molecule has 1 aliphatic carbocycles. The summed E-state index contributed by atoms with van der Waals surface area (Å²) in [6.45, 7) is 0.970. The third-order valence-corrected chi connectivity index (χ3v) is 3.54. The number of benzene rings is 1. The molecular weight excluding hydrogens is 218 g/mol. The van der Waals surface area contributed by atoms with Crippen LogP contribution in [0.3, 0.4) is 0 Å². The molecule has 0 bridgehead atoms. The number of hydrogen-bond acceptors (Lipinski definition) is 4. The molecule has 0 radical (unpaired) electrons. The average Bonchev–Trinajstić information content (AvgIpc) is 2.73. The third-order valence-electron chi connectivity index (χ3n) is 3.54. The van der Waals surface area contributed by atoms with E-state index in [4.69, 9.17) is 19.9 Å². The maximum absolute atomic E-state index is 6.09. The van der Waals surface area contributed by atoms with Crippen molar-refractivity contribution in [3.05, 3.63) is 18.2 Å². The van der Waals surface area contributed by atoms with Gasteiger partial charge < -0.3 is 19.9 Å². The van der Waals surface area contributed by atoms with Gasteiger partial charge in [-0.2, -0.15) is 0 Å². The average molecular weight is 235 g/mol. The summed E-state index contributed by atoms with van der Waals surface area (Å²) >= 11 is 0. The van der Waals surface area contributed by atoms with E-state index in [0.717, 1.165) is 36.5 Å². The maximum atomic E-state index is 6.09. The van der Waals surface area contributed by atoms with Crippen molar-refractivity contribution in [3.8, 4) is 17.2 Å². The molecule has 3 rings (SSSR count). The van der Waals surface area contributed by atoms with Gasteiger partial charge in [-0.05, 0) is 44.4 Å². The van der Waals surface area contributed by atoms with E-state index in [1.54, 1.807) is 0 Å². The lowest BCUT2D eigenvalue weighted by Crippen LogP contribution is -2.44. The topological polar surface area (TPSA) is 53.7 Å². The van der Waals surface area contributed by atoms with Gasteiger partial charge in [0.2, 0.25) is 6.79 Å². The Morgan fingerprint density at radius 3 is 2.76 bits per heavy atom. The summed E-state index contributed by atoms with van der Waals surface area (Å²) in [5.41, 5.74) is 5.60. The highest BCUT2D eigenvalue weighted by molar-refractivity contribution is 5.47. The van der Waals surface area contributed by atoms with Crippen molar-refractivity contribution in [1.82, 2.24) is 0 Å². The monoisotopic (exact) mass is 235 g/mol. The lowest BCUT2D eigenvalue weighted by molar-refractivity contribution is -0.0125. The number of ether oxygens (including phenoxy) is 3. The second kappa shape index (κ2) is 4.11. The van der Waals surface area contributed by atoms with Gasteiger partial charge in [-0.1, -0.05) is 0 Å². The van der Waals surface area contributed by atoms with Gasteiger partial charge in [-0.3, -0.25) is 0 Å². The Hall–Kier alpha value is -1.42. The summed E-state index contributed by atoms with van der Waals surface area (Å²) in [7, 11) is 0. The molecule has 0 saturated heterocycles. The molecule has 4 heteroatoms. The Kier molecular flexibility index (Phi) is 2.59. The van der Waals surface area contributed by atoms with Gasteiger partial charge in [0, 0.05) is 6.07 Å². The second-order valence-corrected chi connectivity index (χ2v) is 4.69. The summed E-state index contributed by atoms with van der Waals surface area (Å²) in [5.74, 6) is 2.41. The van der Waals surface area contributed by atoms with Crippen LogP contribution in [0.25, 0.3) is 0 Å². The van der Waals surface area contributed by atoms with Gasteiger partial charge in [0.15, 0.2) is 11.5 Å². The number of fused-ring (bicyclic) bond motifs is 1. The molecule has 0 spiro atoms. The fraction of sp³-hybridized carbons (Fsp3) is 0.538. The van der Waals surface area contributed by atoms with E-state index in [1.165, 1.54) is 6.42 Å². The van der Waals surface area contributed by atoms with Gasteiger partial charge in [0.25, 0.3) is 0 Å². The molecule has 1 aromatic carbocycles. The first-order valence-electron chi connectivity index (χ1n) is 6.10. The largest absolute Gasteiger partial charge is 0.487 e. The predicted molar refractivity (Wildman–Crippen MR) is 63.4 cm³/mol. The Balaban J connectivity index is 1.76. The minimum Gasteiger partial charge on any atom is -0.487 e. The fourth-order valence-electron chi connectivity index (χ4n) is 2.43. The number of hydrogen-bond donors (Lipinski definition) is 1. The summed E-state index contributed by atoms with van der Waals surface area (Å²) < 4.78 is 16.7. The first kappa shape index (κ1) is 10.7. The Morgan fingerprint density at radius 2 is 2.06 bits per heavy atom. The van der Waals surface area contributed by atoms with Crippen LogP contribution in [0.15, 0.2) is 18.2 Å². The quantitative estimate of drug-likeness (QED) is 0.868. The van der Waals surface area contributed by atoms with E-state index >= 15 is 0 Å². The molecular formula is C13H17NO3. The lowest BCUT2D eigenvalue weighted by Gasteiger charge is -2.41. The number of rotatable bonds is 4. The van der Waals surface area contributed by atoms with E-state index in [9.17, 15) is 0 Å². The molecule has 92 valence electrons. The van der Waals surface area contributed by atoms with Gasteiger partial charge in [0.1, 0.15) is 11.4 Å². The van der Waals surface area contributed by atoms with Crippen molar-refractivity contribution < 1.29 is 14.2 Å². The van der Waals surface area contributed by atoms with Crippen LogP contribution in [0.2, 0.25) is 0 Å². The highest BCUT2D eigenvalue weighted by Crippen LogP contribution is 2.42. The van der Waals surface area contributed by atoms with Crippen LogP contribution in [0.5, 0.6) is 17.2 Å². The van der Waals surface area contributed by atoms with E-state index in [-0.39, 0.29) is 5.60 Å². The summed E-state index contributed by atoms with van der Waals surface area (Å²) in [6.07, 6.45) is 4.34. The number of nitrogens with two attached hydrogens (primary N) is 1. The molecule has 0 aromatic heterocycles. The van der Waals surface area contributed by atoms with Crippen molar-refractivity contribution in [2.24, 2.45) is 5.73 Å². The van der Waals surface area contributed by atoms with Crippen molar-refractivity contribution in [2.75, 3.05) is 13.3 Å². The molecule has 1 aliphatic heterocycles. The van der Waals surface area contributed by atoms with E-state index < -0.39 is 0 Å². The summed E-state index contributed by atoms with van der Waals surface area (Å²) in [4.78, 5) is 0. The molecule has 1 heterocycles. The van der Waals surface area contributed by atoms with Crippen molar-refractivity contribution in [3.63, 3.8) is 0 Å². The molecule has 2 N–H and O–H groups in total. The molecule has 0 amide bonds. The normalized spacial score (nSPS) is 19.8. The van der Waals surface area contributed by atoms with Crippen LogP contribution in [-0.4, -0.2) is 18.9 Å². The first-order chi connectivity index (χ1) is 8.31. The second-order valence-electron chi connectivity index (χ2n) is 4.69. The highest BCUT2D eigenvalue weighted by Gasteiger charge is 2.38. The van der Waals surface area contributed by atoms with Crippen LogP contribution in [-0.2, 0) is 0 Å². The van der Waals surface area contributed by atoms with Crippen LogP contribution in [0, 0.1) is 0 Å². The maximum Gasteiger partial charge on any atom is 0.231 e. The molecule has 17 heavy (non-hydrogen) atoms. The van der Waals surface area contributed by atoms with Gasteiger partial charge in [-0.15, -0.1) is 0 Å². The summed E-state index contributed by atoms with van der Waals surface area (Å²) in [6, 6.07) is 5.73. The molecule has 1 aromatic rings. The van der Waals surface area contributed by atoms with Crippen molar-refractivity contribution >= 4 is 0 Å². The van der Waals surface area contributed by atoms with Crippen LogP contribution >= 0.6 is 0 Å². The molecule has 4 nitrogen and oxygen atoms in total. The Bertz CT molecular complexity index is 415. The smallest absolute Gasteiger partial charge is 0.231 e. The standard InChI is InChI=1S/C13H17NO3/c14-7-6-13(4-1-5-13)17-10-2-3-11-12(8-10)16-9-15-11/h2-3,8H,1,4-7,9,14H2. The van der Waals surface area contributed by atoms with Crippen LogP contribution in [0.1, 0.15) is 25.7 Å². The zero-order valence-electron chi connectivity index (χ0n) is 9.78. The van der Waals surface area contributed by atoms with Crippen molar-refractivity contribution in [2.45, 2.75) is 31.3 Å². The summed E-state index contributed by atoms with van der Waals surface area (Å²) in [5, 5.41) is 0. The molecule has 0 atom stereocenters. The van der Waals surface area contributed by atoms with Gasteiger partial charge in [-0.25, -0.2) is 0 Å².